The van der Waals surface area contributed by atoms with Crippen molar-refractivity contribution in [3.05, 3.63) is 11.6 Å². The zero-order valence-electron chi connectivity index (χ0n) is 51.7. The van der Waals surface area contributed by atoms with Crippen LogP contribution in [0.3, 0.4) is 0 Å². The van der Waals surface area contributed by atoms with Gasteiger partial charge < -0.3 is 124 Å². The van der Waals surface area contributed by atoms with E-state index in [9.17, 15) is 76.3 Å². The van der Waals surface area contributed by atoms with Crippen LogP contribution in [-0.2, 0) is 61.7 Å². The minimum Gasteiger partial charge on any atom is -0.463 e. The molecule has 0 spiro atoms. The number of allylic oxidation sites excluding steroid dienone is 2. The maximum absolute atomic E-state index is 15.3. The lowest BCUT2D eigenvalue weighted by molar-refractivity contribution is -0.367. The summed E-state index contributed by atoms with van der Waals surface area (Å²) in [6, 6.07) is 0. The SMILES string of the molecule is CC(=O)OC[C@H]1O[C@@H](OC[C@H]2O[C@@H](OC(=O)[C@]34CCC(C)(C)C[C@H]3C3=CC[C@@H]5[C@@]6(C)CC[C@H](O[C@@H]7OC[C@H](O)[C@H](O)[C@H]7O[C@@H]7O[C@H](CO)[C@@H](O)[C@H](O)[C@H]7O)C(C)(C)[C@@H]6CC[C@@]5(C)[C@]3(C)CC4)[C@H](O)[C@@H](O)[C@@H]2O)[C@H](O)[C@@H](O)[C@@H]1O[C@@H]1O[C@@H](C)[C@H](O)[C@@H](O)[C@H]1O. The molecule has 5 saturated heterocycles. The second-order valence-corrected chi connectivity index (χ2v) is 29.3. The number of esters is 2. The van der Waals surface area contributed by atoms with Gasteiger partial charge in [-0.05, 0) is 116 Å². The molecule has 27 nitrogen and oxygen atoms in total. The van der Waals surface area contributed by atoms with Crippen LogP contribution in [0, 0.1) is 50.2 Å². The number of hydrogen-bond acceptors (Lipinski definition) is 27. The van der Waals surface area contributed by atoms with E-state index in [1.807, 2.05) is 0 Å². The van der Waals surface area contributed by atoms with Crippen LogP contribution in [0.25, 0.3) is 0 Å². The first-order valence-electron chi connectivity index (χ1n) is 31.5. The molecule has 27 heteroatoms. The maximum Gasteiger partial charge on any atom is 0.315 e. The molecule has 0 aromatic heterocycles. The third-order valence-electron chi connectivity index (χ3n) is 23.4. The molecule has 9 fully saturated rings. The monoisotopic (exact) mass is 1260 g/mol. The van der Waals surface area contributed by atoms with Crippen molar-refractivity contribution >= 4 is 11.9 Å². The second-order valence-electron chi connectivity index (χ2n) is 29.3. The number of hydrogen-bond donors (Lipinski definition) is 14. The Labute approximate surface area is 512 Å². The highest BCUT2D eigenvalue weighted by atomic mass is 16.8. The predicted molar refractivity (Wildman–Crippen MR) is 298 cm³/mol. The summed E-state index contributed by atoms with van der Waals surface area (Å²) in [6.07, 6.45) is -30.1. The van der Waals surface area contributed by atoms with E-state index in [0.717, 1.165) is 32.6 Å². The topological polar surface area (TPSA) is 419 Å². The highest BCUT2D eigenvalue weighted by Gasteiger charge is 2.70. The second kappa shape index (κ2) is 25.5. The molecular formula is C61H98O27. The lowest BCUT2D eigenvalue weighted by atomic mass is 9.33. The molecule has 0 radical (unpaired) electrons. The minimum absolute atomic E-state index is 0.133. The van der Waals surface area contributed by atoms with E-state index in [1.54, 1.807) is 0 Å². The van der Waals surface area contributed by atoms with Gasteiger partial charge in [0.1, 0.15) is 116 Å². The first kappa shape index (κ1) is 68.6. The van der Waals surface area contributed by atoms with Crippen LogP contribution >= 0.6 is 0 Å². The van der Waals surface area contributed by atoms with Crippen molar-refractivity contribution in [2.24, 2.45) is 50.2 Å². The average Bonchev–Trinajstić information content (AvgIpc) is 0.712. The maximum atomic E-state index is 15.3. The molecule has 10 aliphatic rings. The fourth-order valence-corrected chi connectivity index (χ4v) is 17.7. The lowest BCUT2D eigenvalue weighted by Crippen LogP contribution is -2.66. The minimum atomic E-state index is -1.92. The van der Waals surface area contributed by atoms with Crippen LogP contribution < -0.4 is 0 Å². The molecular weight excluding hydrogens is 1160 g/mol. The summed E-state index contributed by atoms with van der Waals surface area (Å²) in [6.45, 7) is 16.2. The zero-order valence-corrected chi connectivity index (χ0v) is 51.7. The van der Waals surface area contributed by atoms with Gasteiger partial charge in [-0.2, -0.15) is 0 Å². The summed E-state index contributed by atoms with van der Waals surface area (Å²) in [5.41, 5.74) is -1.32. The number of carbonyl (C=O) groups excluding carboxylic acids is 2. The Kier molecular flexibility index (Phi) is 19.9. The fourth-order valence-electron chi connectivity index (χ4n) is 17.7. The highest BCUT2D eigenvalue weighted by molar-refractivity contribution is 5.79. The van der Waals surface area contributed by atoms with Crippen molar-refractivity contribution in [2.75, 3.05) is 26.4 Å². The summed E-state index contributed by atoms with van der Waals surface area (Å²) in [7, 11) is 0. The molecule has 4 saturated carbocycles. The first-order valence-corrected chi connectivity index (χ1v) is 31.5. The van der Waals surface area contributed by atoms with E-state index in [0.29, 0.717) is 38.5 Å². The Bertz CT molecular complexity index is 2490. The number of ether oxygens (including phenoxy) is 11. The van der Waals surface area contributed by atoms with E-state index in [4.69, 9.17) is 52.1 Å². The molecule has 5 aliphatic carbocycles. The van der Waals surface area contributed by atoms with Gasteiger partial charge in [-0.1, -0.05) is 60.1 Å². The van der Waals surface area contributed by atoms with E-state index >= 15 is 4.79 Å². The Morgan fingerprint density at radius 2 is 1.16 bits per heavy atom. The van der Waals surface area contributed by atoms with Gasteiger partial charge in [-0.3, -0.25) is 9.59 Å². The normalized spacial score (nSPS) is 52.6. The van der Waals surface area contributed by atoms with Crippen molar-refractivity contribution in [1.82, 2.24) is 0 Å². The van der Waals surface area contributed by atoms with Crippen molar-refractivity contribution < 1.29 is 133 Å². The quantitative estimate of drug-likeness (QED) is 0.0509. The Morgan fingerprint density at radius 1 is 0.568 bits per heavy atom. The summed E-state index contributed by atoms with van der Waals surface area (Å²) in [4.78, 5) is 27.2. The number of fused-ring (bicyclic) bond motifs is 7. The van der Waals surface area contributed by atoms with E-state index in [-0.39, 0.29) is 46.0 Å². The number of aliphatic hydroxyl groups is 14. The molecule has 0 amide bonds. The van der Waals surface area contributed by atoms with Crippen LogP contribution in [0.15, 0.2) is 11.6 Å². The van der Waals surface area contributed by atoms with Crippen LogP contribution in [0.2, 0.25) is 0 Å². The van der Waals surface area contributed by atoms with Gasteiger partial charge in [0.05, 0.1) is 37.4 Å². The van der Waals surface area contributed by atoms with E-state index in [2.05, 4.69) is 54.5 Å². The third-order valence-corrected chi connectivity index (χ3v) is 23.4. The van der Waals surface area contributed by atoms with Gasteiger partial charge in [0, 0.05) is 6.92 Å². The molecule has 0 aromatic carbocycles. The van der Waals surface area contributed by atoms with Crippen molar-refractivity contribution in [1.29, 1.82) is 0 Å². The smallest absolute Gasteiger partial charge is 0.315 e. The van der Waals surface area contributed by atoms with Crippen molar-refractivity contribution in [3.63, 3.8) is 0 Å². The summed E-state index contributed by atoms with van der Waals surface area (Å²) in [5.74, 6) is -1.31. The Morgan fingerprint density at radius 3 is 1.83 bits per heavy atom. The van der Waals surface area contributed by atoms with Crippen LogP contribution in [0.4, 0.5) is 0 Å². The molecule has 32 atom stereocenters. The molecule has 0 bridgehead atoms. The molecule has 14 N–H and O–H groups in total. The van der Waals surface area contributed by atoms with Crippen LogP contribution in [0.1, 0.15) is 127 Å². The van der Waals surface area contributed by atoms with E-state index in [1.165, 1.54) is 12.5 Å². The van der Waals surface area contributed by atoms with Gasteiger partial charge >= 0.3 is 11.9 Å². The standard InChI is InChI=1S/C61H98O27/c1-25-36(65)40(69)44(73)51(81-25)86-48-32(24-78-26(2)63)84-50(47(76)43(48)72)80-23-31-39(68)42(71)46(75)53(83-31)88-55(77)61-18-16-56(3,4)20-28(61)27-10-11-34-58(7)14-13-35(57(5,6)33(58)12-15-60(34,9)59(27,8)17-19-61)85-54-49(37(66)29(64)22-79-54)87-52-45(74)41(70)38(67)30(21-62)82-52/h10,25,28-54,62,64-76H,11-24H2,1-9H3/t25-,28-,29-,30+,31+,32+,33-,34+,35-,36-,37-,38+,39+,40+,41-,42-,43+,44+,45+,46+,47+,48+,49+,50+,51-,52-,53-,54-,58-,59+,60+,61-/m0/s1. The molecule has 10 rings (SSSR count). The average molecular weight is 1260 g/mol. The number of aliphatic hydroxyl groups excluding tert-OH is 14. The summed E-state index contributed by atoms with van der Waals surface area (Å²) in [5, 5.41) is 152. The fraction of sp³-hybridized carbons (Fsp3) is 0.934. The summed E-state index contributed by atoms with van der Waals surface area (Å²) < 4.78 is 65.1. The lowest BCUT2D eigenvalue weighted by Gasteiger charge is -2.71. The highest BCUT2D eigenvalue weighted by Crippen LogP contribution is 2.76. The Hall–Kier alpha value is -2.24. The van der Waals surface area contributed by atoms with E-state index < -0.39 is 196 Å². The van der Waals surface area contributed by atoms with Gasteiger partial charge in [-0.25, -0.2) is 0 Å². The molecule has 0 unspecified atom stereocenters. The van der Waals surface area contributed by atoms with Gasteiger partial charge in [0.25, 0.3) is 0 Å². The molecule has 504 valence electrons. The number of rotatable bonds is 14. The van der Waals surface area contributed by atoms with Crippen molar-refractivity contribution in [2.45, 2.75) is 280 Å². The molecule has 88 heavy (non-hydrogen) atoms. The molecule has 5 aliphatic heterocycles. The Balaban J connectivity index is 0.830. The molecule has 0 aromatic rings. The molecule has 5 heterocycles. The predicted octanol–water partition coefficient (Wildman–Crippen LogP) is -1.97. The van der Waals surface area contributed by atoms with Crippen LogP contribution in [-0.4, -0.2) is 263 Å². The van der Waals surface area contributed by atoms with Crippen molar-refractivity contribution in [3.8, 4) is 0 Å². The van der Waals surface area contributed by atoms with Gasteiger partial charge in [0.15, 0.2) is 25.2 Å². The van der Waals surface area contributed by atoms with Gasteiger partial charge in [0.2, 0.25) is 6.29 Å². The third kappa shape index (κ3) is 11.9. The largest absolute Gasteiger partial charge is 0.463 e. The zero-order chi connectivity index (χ0) is 64.3. The van der Waals surface area contributed by atoms with Crippen LogP contribution in [0.5, 0.6) is 0 Å². The van der Waals surface area contributed by atoms with Gasteiger partial charge in [-0.15, -0.1) is 0 Å². The first-order chi connectivity index (χ1) is 41.2. The summed E-state index contributed by atoms with van der Waals surface area (Å²) >= 11 is 0. The number of carbonyl (C=O) groups is 2.